The summed E-state index contributed by atoms with van der Waals surface area (Å²) in [5.74, 6) is -2.33. The van der Waals surface area contributed by atoms with Gasteiger partial charge in [-0.05, 0) is 34.1 Å². The maximum atomic E-state index is 13.4. The summed E-state index contributed by atoms with van der Waals surface area (Å²) in [5, 5.41) is 2.41. The highest BCUT2D eigenvalue weighted by atomic mass is 79.9. The monoisotopic (exact) mass is 327 g/mol. The normalized spacial score (nSPS) is 10.3. The quantitative estimate of drug-likeness (QED) is 0.891. The number of aromatic nitrogens is 1. The zero-order valence-corrected chi connectivity index (χ0v) is 11.0. The lowest BCUT2D eigenvalue weighted by Crippen LogP contribution is -2.15. The van der Waals surface area contributed by atoms with Gasteiger partial charge < -0.3 is 11.1 Å². The molecule has 0 aliphatic carbocycles. The molecule has 7 heteroatoms. The van der Waals surface area contributed by atoms with Crippen LogP contribution in [0.4, 0.5) is 20.3 Å². The summed E-state index contributed by atoms with van der Waals surface area (Å²) in [6.45, 7) is 0. The molecule has 0 saturated heterocycles. The maximum Gasteiger partial charge on any atom is 0.258 e. The first-order valence-corrected chi connectivity index (χ1v) is 5.94. The number of nitrogens with zero attached hydrogens (tertiary/aromatic N) is 1. The average Bonchev–Trinajstić information content (AvgIpc) is 2.33. The third kappa shape index (κ3) is 3.05. The summed E-state index contributed by atoms with van der Waals surface area (Å²) >= 11 is 3.17. The molecule has 19 heavy (non-hydrogen) atoms. The molecular formula is C12H8BrF2N3O. The molecule has 2 aromatic rings. The van der Waals surface area contributed by atoms with Crippen LogP contribution >= 0.6 is 15.9 Å². The van der Waals surface area contributed by atoms with E-state index in [1.54, 1.807) is 0 Å². The number of hydrogen-bond acceptors (Lipinski definition) is 3. The van der Waals surface area contributed by atoms with E-state index < -0.39 is 17.5 Å². The Labute approximate surface area is 115 Å². The number of amides is 1. The Bertz CT molecular complexity index is 649. The Morgan fingerprint density at radius 3 is 2.74 bits per heavy atom. The van der Waals surface area contributed by atoms with Gasteiger partial charge in [-0.15, -0.1) is 0 Å². The first-order valence-electron chi connectivity index (χ1n) is 5.15. The molecule has 0 unspecified atom stereocenters. The molecule has 0 aliphatic rings. The first kappa shape index (κ1) is 13.4. The molecule has 98 valence electrons. The Morgan fingerprint density at radius 1 is 1.32 bits per heavy atom. The van der Waals surface area contributed by atoms with Crippen molar-refractivity contribution in [2.75, 3.05) is 11.1 Å². The Hall–Kier alpha value is -2.02. The van der Waals surface area contributed by atoms with Crippen molar-refractivity contribution in [2.24, 2.45) is 0 Å². The van der Waals surface area contributed by atoms with Crippen LogP contribution in [0, 0.1) is 11.6 Å². The van der Waals surface area contributed by atoms with Crippen LogP contribution in [-0.4, -0.2) is 10.9 Å². The molecule has 0 bridgehead atoms. The molecule has 1 amide bonds. The lowest BCUT2D eigenvalue weighted by Gasteiger charge is -2.08. The van der Waals surface area contributed by atoms with Gasteiger partial charge in [0.25, 0.3) is 5.91 Å². The van der Waals surface area contributed by atoms with Crippen molar-refractivity contribution in [1.82, 2.24) is 4.98 Å². The first-order chi connectivity index (χ1) is 8.97. The van der Waals surface area contributed by atoms with E-state index in [-0.39, 0.29) is 17.1 Å². The molecule has 0 radical (unpaired) electrons. The molecule has 4 nitrogen and oxygen atoms in total. The van der Waals surface area contributed by atoms with Crippen LogP contribution in [-0.2, 0) is 0 Å². The van der Waals surface area contributed by atoms with Gasteiger partial charge in [-0.3, -0.25) is 4.79 Å². The number of carbonyl (C=O) groups is 1. The van der Waals surface area contributed by atoms with Gasteiger partial charge in [0.2, 0.25) is 0 Å². The lowest BCUT2D eigenvalue weighted by molar-refractivity contribution is 0.102. The number of pyridine rings is 1. The van der Waals surface area contributed by atoms with Gasteiger partial charge in [0.1, 0.15) is 17.5 Å². The molecule has 2 rings (SSSR count). The van der Waals surface area contributed by atoms with E-state index in [0.29, 0.717) is 10.5 Å². The number of carbonyl (C=O) groups excluding carboxylic acids is 1. The Kier molecular flexibility index (Phi) is 3.75. The summed E-state index contributed by atoms with van der Waals surface area (Å²) < 4.78 is 26.8. The van der Waals surface area contributed by atoms with E-state index in [4.69, 9.17) is 5.73 Å². The zero-order chi connectivity index (χ0) is 14.0. The molecule has 0 atom stereocenters. The number of nitrogens with two attached hydrogens (primary N) is 1. The van der Waals surface area contributed by atoms with Crippen molar-refractivity contribution in [3.05, 3.63) is 52.1 Å². The van der Waals surface area contributed by atoms with Gasteiger partial charge in [-0.1, -0.05) is 0 Å². The second kappa shape index (κ2) is 5.31. The number of benzene rings is 1. The second-order valence-corrected chi connectivity index (χ2v) is 4.58. The molecule has 0 aliphatic heterocycles. The van der Waals surface area contributed by atoms with Gasteiger partial charge in [-0.25, -0.2) is 13.8 Å². The highest BCUT2D eigenvalue weighted by Gasteiger charge is 2.14. The van der Waals surface area contributed by atoms with E-state index in [1.165, 1.54) is 12.3 Å². The average molecular weight is 328 g/mol. The van der Waals surface area contributed by atoms with Crippen molar-refractivity contribution in [3.63, 3.8) is 0 Å². The van der Waals surface area contributed by atoms with E-state index >= 15 is 0 Å². The molecule has 1 heterocycles. The van der Waals surface area contributed by atoms with Crippen LogP contribution < -0.4 is 11.1 Å². The van der Waals surface area contributed by atoms with Crippen molar-refractivity contribution < 1.29 is 13.6 Å². The number of nitrogen functional groups attached to an aromatic ring is 1. The van der Waals surface area contributed by atoms with Gasteiger partial charge in [-0.2, -0.15) is 0 Å². The summed E-state index contributed by atoms with van der Waals surface area (Å²) in [7, 11) is 0. The molecule has 1 aromatic carbocycles. The predicted molar refractivity (Wildman–Crippen MR) is 70.7 cm³/mol. The minimum Gasteiger partial charge on any atom is -0.382 e. The second-order valence-electron chi connectivity index (χ2n) is 3.66. The predicted octanol–water partition coefficient (Wildman–Crippen LogP) is 2.96. The summed E-state index contributed by atoms with van der Waals surface area (Å²) in [5.41, 5.74) is 5.54. The van der Waals surface area contributed by atoms with Crippen molar-refractivity contribution in [1.29, 1.82) is 0 Å². The van der Waals surface area contributed by atoms with E-state index in [1.807, 2.05) is 0 Å². The maximum absolute atomic E-state index is 13.4. The van der Waals surface area contributed by atoms with Gasteiger partial charge in [0, 0.05) is 16.7 Å². The molecule has 3 N–H and O–H groups in total. The molecular weight excluding hydrogens is 320 g/mol. The molecule has 1 aromatic heterocycles. The largest absolute Gasteiger partial charge is 0.382 e. The van der Waals surface area contributed by atoms with Crippen molar-refractivity contribution >= 4 is 33.3 Å². The van der Waals surface area contributed by atoms with Crippen LogP contribution in [0.15, 0.2) is 34.9 Å². The van der Waals surface area contributed by atoms with Crippen LogP contribution in [0.25, 0.3) is 0 Å². The smallest absolute Gasteiger partial charge is 0.258 e. The van der Waals surface area contributed by atoms with Crippen molar-refractivity contribution in [3.8, 4) is 0 Å². The van der Waals surface area contributed by atoms with Crippen LogP contribution in [0.3, 0.4) is 0 Å². The summed E-state index contributed by atoms with van der Waals surface area (Å²) in [4.78, 5) is 15.7. The fraction of sp³-hybridized carbons (Fsp3) is 0. The topological polar surface area (TPSA) is 68.0 Å². The molecule has 0 saturated carbocycles. The van der Waals surface area contributed by atoms with Gasteiger partial charge in [0.05, 0.1) is 11.3 Å². The summed E-state index contributed by atoms with van der Waals surface area (Å²) in [6.07, 6.45) is 1.46. The molecule has 0 spiro atoms. The van der Waals surface area contributed by atoms with Crippen molar-refractivity contribution in [2.45, 2.75) is 0 Å². The molecule has 0 fully saturated rings. The SMILES string of the molecule is Nc1ncc(Br)cc1NC(=O)c1ccc(F)cc1F. The minimum atomic E-state index is -0.945. The van der Waals surface area contributed by atoms with Gasteiger partial charge in [0.15, 0.2) is 0 Å². The number of nitrogens with one attached hydrogen (secondary N) is 1. The standard InChI is InChI=1S/C12H8BrF2N3O/c13-6-3-10(11(16)17-5-6)18-12(19)8-2-1-7(14)4-9(8)15/h1-5H,(H2,16,17)(H,18,19). The summed E-state index contributed by atoms with van der Waals surface area (Å²) in [6, 6.07) is 4.22. The Balaban J connectivity index is 2.28. The lowest BCUT2D eigenvalue weighted by atomic mass is 10.2. The van der Waals surface area contributed by atoms with E-state index in [0.717, 1.165) is 12.1 Å². The Morgan fingerprint density at radius 2 is 2.05 bits per heavy atom. The number of hydrogen-bond donors (Lipinski definition) is 2. The number of anilines is 2. The van der Waals surface area contributed by atoms with Crippen LogP contribution in [0.5, 0.6) is 0 Å². The van der Waals surface area contributed by atoms with E-state index in [9.17, 15) is 13.6 Å². The number of rotatable bonds is 2. The van der Waals surface area contributed by atoms with Crippen LogP contribution in [0.2, 0.25) is 0 Å². The highest BCUT2D eigenvalue weighted by molar-refractivity contribution is 9.10. The van der Waals surface area contributed by atoms with Crippen LogP contribution in [0.1, 0.15) is 10.4 Å². The number of halogens is 3. The minimum absolute atomic E-state index is 0.0964. The fourth-order valence-electron chi connectivity index (χ4n) is 1.41. The highest BCUT2D eigenvalue weighted by Crippen LogP contribution is 2.21. The van der Waals surface area contributed by atoms with E-state index in [2.05, 4.69) is 26.2 Å². The third-order valence-electron chi connectivity index (χ3n) is 2.31. The fourth-order valence-corrected chi connectivity index (χ4v) is 1.74. The van der Waals surface area contributed by atoms with Gasteiger partial charge >= 0.3 is 0 Å². The third-order valence-corrected chi connectivity index (χ3v) is 2.74. The zero-order valence-electron chi connectivity index (χ0n) is 9.45.